The minimum absolute atomic E-state index is 0.0707. The van der Waals surface area contributed by atoms with Gasteiger partial charge < -0.3 is 9.30 Å². The molecule has 0 aliphatic carbocycles. The van der Waals surface area contributed by atoms with Crippen LogP contribution in [-0.4, -0.2) is 54.3 Å². The Morgan fingerprint density at radius 3 is 2.65 bits per heavy atom. The molecule has 0 N–H and O–H groups in total. The fraction of sp³-hybridized carbons (Fsp3) is 0.500. The van der Waals surface area contributed by atoms with Crippen LogP contribution in [0.5, 0.6) is 0 Å². The molecule has 142 valence electrons. The maximum absolute atomic E-state index is 13.9. The summed E-state index contributed by atoms with van der Waals surface area (Å²) >= 11 is 0. The SMILES string of the molecule is COCCc1nncn1C1CCN(S(=O)(=O)c2ccc(F)cc2F)CC1. The van der Waals surface area contributed by atoms with Gasteiger partial charge in [-0.25, -0.2) is 17.2 Å². The lowest BCUT2D eigenvalue weighted by Gasteiger charge is -2.32. The Kier molecular flexibility index (Phi) is 5.64. The van der Waals surface area contributed by atoms with E-state index >= 15 is 0 Å². The van der Waals surface area contributed by atoms with Gasteiger partial charge in [0.2, 0.25) is 10.0 Å². The van der Waals surface area contributed by atoms with Crippen molar-refractivity contribution in [3.8, 4) is 0 Å². The van der Waals surface area contributed by atoms with Crippen LogP contribution in [0.4, 0.5) is 8.78 Å². The highest BCUT2D eigenvalue weighted by atomic mass is 32.2. The quantitative estimate of drug-likeness (QED) is 0.756. The molecule has 0 unspecified atom stereocenters. The highest BCUT2D eigenvalue weighted by molar-refractivity contribution is 7.89. The second-order valence-corrected chi connectivity index (χ2v) is 8.01. The zero-order valence-electron chi connectivity index (χ0n) is 14.3. The zero-order chi connectivity index (χ0) is 18.7. The first-order valence-electron chi connectivity index (χ1n) is 8.26. The summed E-state index contributed by atoms with van der Waals surface area (Å²) in [6.45, 7) is 1.01. The predicted molar refractivity (Wildman–Crippen MR) is 89.0 cm³/mol. The van der Waals surface area contributed by atoms with E-state index in [1.165, 1.54) is 4.31 Å². The molecule has 1 aromatic carbocycles. The van der Waals surface area contributed by atoms with E-state index in [1.54, 1.807) is 13.4 Å². The highest BCUT2D eigenvalue weighted by Crippen LogP contribution is 2.28. The molecule has 0 atom stereocenters. The van der Waals surface area contributed by atoms with Gasteiger partial charge in [0, 0.05) is 38.7 Å². The molecule has 0 radical (unpaired) electrons. The number of rotatable bonds is 6. The second-order valence-electron chi connectivity index (χ2n) is 6.11. The number of piperidine rings is 1. The normalized spacial score (nSPS) is 16.9. The Labute approximate surface area is 150 Å². The third kappa shape index (κ3) is 3.76. The van der Waals surface area contributed by atoms with Crippen molar-refractivity contribution in [2.45, 2.75) is 30.2 Å². The first kappa shape index (κ1) is 18.9. The Bertz CT molecular complexity index is 864. The first-order chi connectivity index (χ1) is 12.4. The van der Waals surface area contributed by atoms with Gasteiger partial charge >= 0.3 is 0 Å². The maximum atomic E-state index is 13.9. The van der Waals surface area contributed by atoms with Crippen LogP contribution < -0.4 is 0 Å². The van der Waals surface area contributed by atoms with Crippen LogP contribution in [0.3, 0.4) is 0 Å². The molecule has 0 bridgehead atoms. The van der Waals surface area contributed by atoms with Crippen LogP contribution in [0, 0.1) is 11.6 Å². The third-order valence-electron chi connectivity index (χ3n) is 4.51. The Hall–Kier alpha value is -1.91. The number of nitrogens with zero attached hydrogens (tertiary/aromatic N) is 4. The Balaban J connectivity index is 1.71. The molecule has 0 spiro atoms. The molecule has 0 amide bonds. The van der Waals surface area contributed by atoms with Gasteiger partial charge in [-0.2, -0.15) is 4.31 Å². The molecule has 10 heteroatoms. The van der Waals surface area contributed by atoms with Gasteiger partial charge in [0.25, 0.3) is 0 Å². The Morgan fingerprint density at radius 1 is 1.27 bits per heavy atom. The summed E-state index contributed by atoms with van der Waals surface area (Å²) in [5, 5.41) is 8.01. The van der Waals surface area contributed by atoms with E-state index < -0.39 is 26.6 Å². The monoisotopic (exact) mass is 386 g/mol. The maximum Gasteiger partial charge on any atom is 0.245 e. The van der Waals surface area contributed by atoms with E-state index in [-0.39, 0.29) is 19.1 Å². The minimum atomic E-state index is -3.99. The first-order valence-corrected chi connectivity index (χ1v) is 9.70. The summed E-state index contributed by atoms with van der Waals surface area (Å²) < 4.78 is 60.4. The number of hydrogen-bond acceptors (Lipinski definition) is 5. The molecule has 1 aliphatic rings. The lowest BCUT2D eigenvalue weighted by atomic mass is 10.1. The van der Waals surface area contributed by atoms with Crippen LogP contribution in [-0.2, 0) is 21.2 Å². The van der Waals surface area contributed by atoms with Crippen LogP contribution >= 0.6 is 0 Å². The van der Waals surface area contributed by atoms with Gasteiger partial charge in [0.05, 0.1) is 6.61 Å². The van der Waals surface area contributed by atoms with Gasteiger partial charge in [-0.3, -0.25) is 0 Å². The molecule has 0 saturated carbocycles. The van der Waals surface area contributed by atoms with Crippen LogP contribution in [0.25, 0.3) is 0 Å². The van der Waals surface area contributed by atoms with Gasteiger partial charge in [0.15, 0.2) is 0 Å². The van der Waals surface area contributed by atoms with E-state index in [0.717, 1.165) is 18.0 Å². The van der Waals surface area contributed by atoms with E-state index in [0.29, 0.717) is 31.9 Å². The average Bonchev–Trinajstić information content (AvgIpc) is 3.08. The van der Waals surface area contributed by atoms with Gasteiger partial charge in [-0.1, -0.05) is 0 Å². The summed E-state index contributed by atoms with van der Waals surface area (Å²) in [5.74, 6) is -1.10. The van der Waals surface area contributed by atoms with Crippen molar-refractivity contribution in [2.75, 3.05) is 26.8 Å². The molecule has 1 saturated heterocycles. The topological polar surface area (TPSA) is 77.3 Å². The average molecular weight is 386 g/mol. The third-order valence-corrected chi connectivity index (χ3v) is 6.44. The molecule has 2 aromatic rings. The number of aromatic nitrogens is 3. The molecule has 2 heterocycles. The number of ether oxygens (including phenoxy) is 1. The number of hydrogen-bond donors (Lipinski definition) is 0. The fourth-order valence-corrected chi connectivity index (χ4v) is 4.64. The number of benzene rings is 1. The molecule has 3 rings (SSSR count). The van der Waals surface area contributed by atoms with Gasteiger partial charge in [-0.15, -0.1) is 10.2 Å². The minimum Gasteiger partial charge on any atom is -0.384 e. The largest absolute Gasteiger partial charge is 0.384 e. The van der Waals surface area contributed by atoms with Crippen molar-refractivity contribution < 1.29 is 21.9 Å². The van der Waals surface area contributed by atoms with E-state index in [9.17, 15) is 17.2 Å². The zero-order valence-corrected chi connectivity index (χ0v) is 15.1. The molecule has 1 fully saturated rings. The van der Waals surface area contributed by atoms with Crippen LogP contribution in [0.2, 0.25) is 0 Å². The van der Waals surface area contributed by atoms with Crippen molar-refractivity contribution in [1.29, 1.82) is 0 Å². The highest BCUT2D eigenvalue weighted by Gasteiger charge is 2.32. The summed E-state index contributed by atoms with van der Waals surface area (Å²) in [6, 6.07) is 2.57. The summed E-state index contributed by atoms with van der Waals surface area (Å²) in [5.41, 5.74) is 0. The van der Waals surface area contributed by atoms with E-state index in [1.807, 2.05) is 4.57 Å². The Morgan fingerprint density at radius 2 is 2.00 bits per heavy atom. The number of methoxy groups -OCH3 is 1. The molecule has 26 heavy (non-hydrogen) atoms. The lowest BCUT2D eigenvalue weighted by Crippen LogP contribution is -2.39. The second kappa shape index (κ2) is 7.77. The predicted octanol–water partition coefficient (Wildman–Crippen LogP) is 1.77. The molecule has 7 nitrogen and oxygen atoms in total. The summed E-state index contributed by atoms with van der Waals surface area (Å²) in [7, 11) is -2.39. The number of halogens is 2. The van der Waals surface area contributed by atoms with Gasteiger partial charge in [-0.05, 0) is 25.0 Å². The van der Waals surface area contributed by atoms with Crippen LogP contribution in [0.15, 0.2) is 29.4 Å². The van der Waals surface area contributed by atoms with E-state index in [2.05, 4.69) is 10.2 Å². The van der Waals surface area contributed by atoms with Crippen molar-refractivity contribution in [3.63, 3.8) is 0 Å². The molecular weight excluding hydrogens is 366 g/mol. The summed E-state index contributed by atoms with van der Waals surface area (Å²) in [4.78, 5) is -0.498. The lowest BCUT2D eigenvalue weighted by molar-refractivity contribution is 0.197. The van der Waals surface area contributed by atoms with Crippen molar-refractivity contribution in [2.24, 2.45) is 0 Å². The van der Waals surface area contributed by atoms with Crippen molar-refractivity contribution in [1.82, 2.24) is 19.1 Å². The molecule has 1 aliphatic heterocycles. The van der Waals surface area contributed by atoms with Crippen LogP contribution in [0.1, 0.15) is 24.7 Å². The fourth-order valence-electron chi connectivity index (χ4n) is 3.13. The smallest absolute Gasteiger partial charge is 0.245 e. The van der Waals surface area contributed by atoms with Crippen molar-refractivity contribution >= 4 is 10.0 Å². The standard InChI is InChI=1S/C16H20F2N4O3S/c1-25-9-6-16-20-19-11-22(16)13-4-7-21(8-5-13)26(23,24)15-3-2-12(17)10-14(15)18/h2-3,10-11,13H,4-9H2,1H3. The molecule has 1 aromatic heterocycles. The number of sulfonamides is 1. The van der Waals surface area contributed by atoms with E-state index in [4.69, 9.17) is 4.74 Å². The van der Waals surface area contributed by atoms with Gasteiger partial charge in [0.1, 0.15) is 28.7 Å². The molecular formula is C16H20F2N4O3S. The van der Waals surface area contributed by atoms with Crippen molar-refractivity contribution in [3.05, 3.63) is 42.0 Å². The summed E-state index contributed by atoms with van der Waals surface area (Å²) in [6.07, 6.45) is 3.37.